The molecule has 0 aliphatic carbocycles. The monoisotopic (exact) mass is 270 g/mol. The fourth-order valence-corrected chi connectivity index (χ4v) is 1.78. The van der Waals surface area contributed by atoms with Crippen LogP contribution in [0.5, 0.6) is 0 Å². The summed E-state index contributed by atoms with van der Waals surface area (Å²) in [6, 6.07) is -0.211. The molecular formula is C13H22N2O4. The van der Waals surface area contributed by atoms with Crippen molar-refractivity contribution < 1.29 is 19.4 Å². The minimum Gasteiger partial charge on any atom is -0.481 e. The van der Waals surface area contributed by atoms with Crippen molar-refractivity contribution >= 4 is 12.0 Å². The number of amides is 2. The smallest absolute Gasteiger partial charge is 0.318 e. The number of rotatable bonds is 7. The van der Waals surface area contributed by atoms with Gasteiger partial charge in [-0.3, -0.25) is 4.79 Å². The average molecular weight is 270 g/mol. The van der Waals surface area contributed by atoms with E-state index in [4.69, 9.17) is 9.84 Å². The maximum absolute atomic E-state index is 11.4. The third-order valence-electron chi connectivity index (χ3n) is 2.90. The van der Waals surface area contributed by atoms with Crippen molar-refractivity contribution in [2.75, 3.05) is 19.8 Å². The topological polar surface area (TPSA) is 87.7 Å². The first-order valence-electron chi connectivity index (χ1n) is 6.70. The summed E-state index contributed by atoms with van der Waals surface area (Å²) >= 11 is 0. The lowest BCUT2D eigenvalue weighted by Gasteiger charge is -2.14. The Labute approximate surface area is 113 Å². The van der Waals surface area contributed by atoms with E-state index in [1.54, 1.807) is 6.20 Å². The highest BCUT2D eigenvalue weighted by atomic mass is 16.5. The van der Waals surface area contributed by atoms with E-state index in [9.17, 15) is 9.59 Å². The van der Waals surface area contributed by atoms with Gasteiger partial charge in [-0.05, 0) is 31.3 Å². The molecule has 0 saturated carbocycles. The van der Waals surface area contributed by atoms with Crippen molar-refractivity contribution in [1.29, 1.82) is 0 Å². The highest BCUT2D eigenvalue weighted by molar-refractivity contribution is 5.74. The normalized spacial score (nSPS) is 14.8. The summed E-state index contributed by atoms with van der Waals surface area (Å²) in [6.45, 7) is 2.01. The van der Waals surface area contributed by atoms with Crippen molar-refractivity contribution in [3.8, 4) is 0 Å². The van der Waals surface area contributed by atoms with Gasteiger partial charge in [0.15, 0.2) is 0 Å². The van der Waals surface area contributed by atoms with Gasteiger partial charge in [-0.2, -0.15) is 0 Å². The lowest BCUT2D eigenvalue weighted by molar-refractivity contribution is -0.137. The molecule has 3 N–H and O–H groups in total. The van der Waals surface area contributed by atoms with Gasteiger partial charge in [0.25, 0.3) is 0 Å². The number of unbranched alkanes of at least 4 members (excludes halogenated alkanes) is 2. The molecule has 0 unspecified atom stereocenters. The lowest BCUT2D eigenvalue weighted by atomic mass is 10.1. The molecule has 0 aromatic carbocycles. The molecule has 1 saturated heterocycles. The largest absolute Gasteiger partial charge is 0.481 e. The Hall–Kier alpha value is -1.56. The van der Waals surface area contributed by atoms with E-state index >= 15 is 0 Å². The number of aliphatic carboxylic acids is 1. The minimum absolute atomic E-state index is 0.195. The SMILES string of the molecule is O=C(O)CCCCCNC(=O)NC=C1CCOCC1. The highest BCUT2D eigenvalue weighted by Gasteiger charge is 2.05. The van der Waals surface area contributed by atoms with E-state index in [1.807, 2.05) is 0 Å². The Morgan fingerprint density at radius 2 is 1.95 bits per heavy atom. The molecule has 0 aromatic heterocycles. The summed E-state index contributed by atoms with van der Waals surface area (Å²) in [5.74, 6) is -0.770. The molecule has 1 rings (SSSR count). The second-order valence-corrected chi connectivity index (χ2v) is 4.52. The summed E-state index contributed by atoms with van der Waals surface area (Å²) in [5.41, 5.74) is 1.20. The van der Waals surface area contributed by atoms with Crippen molar-refractivity contribution in [3.05, 3.63) is 11.8 Å². The Morgan fingerprint density at radius 3 is 2.63 bits per heavy atom. The number of carboxylic acids is 1. The summed E-state index contributed by atoms with van der Waals surface area (Å²) < 4.78 is 5.21. The zero-order valence-electron chi connectivity index (χ0n) is 11.1. The van der Waals surface area contributed by atoms with E-state index < -0.39 is 5.97 Å². The summed E-state index contributed by atoms with van der Waals surface area (Å²) in [4.78, 5) is 21.7. The number of hydrogen-bond acceptors (Lipinski definition) is 3. The molecule has 108 valence electrons. The van der Waals surface area contributed by atoms with Crippen LogP contribution in [0.1, 0.15) is 38.5 Å². The van der Waals surface area contributed by atoms with Gasteiger partial charge in [-0.15, -0.1) is 0 Å². The van der Waals surface area contributed by atoms with Crippen LogP contribution in [0, 0.1) is 0 Å². The number of urea groups is 1. The standard InChI is InChI=1S/C13H22N2O4/c16-12(17)4-2-1-3-7-14-13(18)15-10-11-5-8-19-9-6-11/h10H,1-9H2,(H,16,17)(H2,14,15,18). The fourth-order valence-electron chi connectivity index (χ4n) is 1.78. The van der Waals surface area contributed by atoms with Gasteiger partial charge in [0.1, 0.15) is 0 Å². The summed E-state index contributed by atoms with van der Waals surface area (Å²) in [6.07, 6.45) is 5.95. The minimum atomic E-state index is -0.770. The molecular weight excluding hydrogens is 248 g/mol. The zero-order valence-corrected chi connectivity index (χ0v) is 11.1. The van der Waals surface area contributed by atoms with E-state index in [1.165, 1.54) is 5.57 Å². The van der Waals surface area contributed by atoms with E-state index in [0.29, 0.717) is 13.0 Å². The lowest BCUT2D eigenvalue weighted by Crippen LogP contribution is -2.33. The molecule has 1 heterocycles. The van der Waals surface area contributed by atoms with Gasteiger partial charge in [0.05, 0.1) is 13.2 Å². The van der Waals surface area contributed by atoms with Crippen LogP contribution in [0.2, 0.25) is 0 Å². The average Bonchev–Trinajstić information content (AvgIpc) is 2.41. The Kier molecular flexibility index (Phi) is 7.65. The van der Waals surface area contributed by atoms with Gasteiger partial charge in [0.2, 0.25) is 0 Å². The molecule has 0 radical (unpaired) electrons. The molecule has 0 aromatic rings. The van der Waals surface area contributed by atoms with Gasteiger partial charge < -0.3 is 20.5 Å². The molecule has 1 fully saturated rings. The molecule has 0 atom stereocenters. The van der Waals surface area contributed by atoms with Gasteiger partial charge in [-0.1, -0.05) is 6.42 Å². The fraction of sp³-hybridized carbons (Fsp3) is 0.692. The van der Waals surface area contributed by atoms with Crippen LogP contribution in [-0.2, 0) is 9.53 Å². The molecule has 2 amide bonds. The van der Waals surface area contributed by atoms with E-state index in [-0.39, 0.29) is 12.5 Å². The van der Waals surface area contributed by atoms with Crippen molar-refractivity contribution in [1.82, 2.24) is 10.6 Å². The molecule has 0 bridgehead atoms. The van der Waals surface area contributed by atoms with E-state index in [2.05, 4.69) is 10.6 Å². The maximum Gasteiger partial charge on any atom is 0.318 e. The molecule has 1 aliphatic heterocycles. The van der Waals surface area contributed by atoms with Gasteiger partial charge in [-0.25, -0.2) is 4.79 Å². The number of carbonyl (C=O) groups excluding carboxylic acids is 1. The number of ether oxygens (including phenoxy) is 1. The summed E-state index contributed by atoms with van der Waals surface area (Å²) in [5, 5.41) is 13.9. The maximum atomic E-state index is 11.4. The third kappa shape index (κ3) is 8.20. The van der Waals surface area contributed by atoms with Crippen molar-refractivity contribution in [2.45, 2.75) is 38.5 Å². The summed E-state index contributed by atoms with van der Waals surface area (Å²) in [7, 11) is 0. The highest BCUT2D eigenvalue weighted by Crippen LogP contribution is 2.11. The number of carbonyl (C=O) groups is 2. The second kappa shape index (κ2) is 9.38. The first-order valence-corrected chi connectivity index (χ1v) is 6.70. The Balaban J connectivity index is 2.00. The van der Waals surface area contributed by atoms with E-state index in [0.717, 1.165) is 38.9 Å². The second-order valence-electron chi connectivity index (χ2n) is 4.52. The van der Waals surface area contributed by atoms with Crippen LogP contribution in [0.3, 0.4) is 0 Å². The predicted molar refractivity (Wildman–Crippen MR) is 70.8 cm³/mol. The first-order chi connectivity index (χ1) is 9.18. The van der Waals surface area contributed by atoms with Crippen LogP contribution in [0.15, 0.2) is 11.8 Å². The van der Waals surface area contributed by atoms with Gasteiger partial charge in [0, 0.05) is 19.2 Å². The zero-order chi connectivity index (χ0) is 13.9. The molecule has 0 spiro atoms. The van der Waals surface area contributed by atoms with Crippen LogP contribution in [0.4, 0.5) is 4.79 Å². The molecule has 1 aliphatic rings. The van der Waals surface area contributed by atoms with Crippen LogP contribution in [0.25, 0.3) is 0 Å². The number of carboxylic acid groups (broad SMARTS) is 1. The van der Waals surface area contributed by atoms with Crippen LogP contribution in [-0.4, -0.2) is 36.9 Å². The third-order valence-corrected chi connectivity index (χ3v) is 2.90. The van der Waals surface area contributed by atoms with Crippen molar-refractivity contribution in [3.63, 3.8) is 0 Å². The molecule has 6 nitrogen and oxygen atoms in total. The van der Waals surface area contributed by atoms with Crippen LogP contribution < -0.4 is 10.6 Å². The van der Waals surface area contributed by atoms with Crippen molar-refractivity contribution in [2.24, 2.45) is 0 Å². The Morgan fingerprint density at radius 1 is 1.21 bits per heavy atom. The van der Waals surface area contributed by atoms with Crippen LogP contribution >= 0.6 is 0 Å². The first kappa shape index (κ1) is 15.5. The quantitative estimate of drug-likeness (QED) is 0.613. The predicted octanol–water partition coefficient (Wildman–Crippen LogP) is 1.62. The molecule has 19 heavy (non-hydrogen) atoms. The number of nitrogens with one attached hydrogen (secondary N) is 2. The van der Waals surface area contributed by atoms with Gasteiger partial charge >= 0.3 is 12.0 Å². The molecule has 6 heteroatoms. The Bertz CT molecular complexity index is 321. The number of hydrogen-bond donors (Lipinski definition) is 3.